The maximum Gasteiger partial charge on any atom is 0.129 e. The highest BCUT2D eigenvalue weighted by Gasteiger charge is 2.29. The number of hydrogen-bond donors (Lipinski definition) is 1. The van der Waals surface area contributed by atoms with Gasteiger partial charge in [-0.05, 0) is 30.9 Å². The molecule has 0 unspecified atom stereocenters. The van der Waals surface area contributed by atoms with Crippen molar-refractivity contribution in [2.45, 2.75) is 65.1 Å². The number of rotatable bonds is 8. The first-order valence-corrected chi connectivity index (χ1v) is 8.14. The highest BCUT2D eigenvalue weighted by Crippen LogP contribution is 2.32. The molecule has 1 fully saturated rings. The molecule has 0 atom stereocenters. The van der Waals surface area contributed by atoms with Crippen LogP contribution in [-0.2, 0) is 6.54 Å². The lowest BCUT2D eigenvalue weighted by molar-refractivity contribution is 0.588. The third-order valence-electron chi connectivity index (χ3n) is 3.66. The lowest BCUT2D eigenvalue weighted by Gasteiger charge is -2.24. The van der Waals surface area contributed by atoms with Gasteiger partial charge in [-0.15, -0.1) is 0 Å². The average molecular weight is 296 g/mol. The largest absolute Gasteiger partial charge is 0.354 e. The molecule has 0 spiro atoms. The van der Waals surface area contributed by atoms with Crippen LogP contribution in [0.15, 0.2) is 12.3 Å². The smallest absolute Gasteiger partial charge is 0.129 e. The molecule has 20 heavy (non-hydrogen) atoms. The summed E-state index contributed by atoms with van der Waals surface area (Å²) in [5.41, 5.74) is 1.15. The molecule has 0 bridgehead atoms. The monoisotopic (exact) mass is 295 g/mol. The molecule has 0 aliphatic heterocycles. The topological polar surface area (TPSA) is 28.2 Å². The molecule has 3 nitrogen and oxygen atoms in total. The van der Waals surface area contributed by atoms with Crippen LogP contribution in [0.25, 0.3) is 0 Å². The van der Waals surface area contributed by atoms with Gasteiger partial charge in [-0.1, -0.05) is 38.8 Å². The maximum absolute atomic E-state index is 6.26. The van der Waals surface area contributed by atoms with Crippen LogP contribution in [-0.4, -0.2) is 23.6 Å². The van der Waals surface area contributed by atoms with Gasteiger partial charge in [0.2, 0.25) is 0 Å². The van der Waals surface area contributed by atoms with Crippen molar-refractivity contribution in [2.24, 2.45) is 0 Å². The summed E-state index contributed by atoms with van der Waals surface area (Å²) < 4.78 is 0. The van der Waals surface area contributed by atoms with E-state index in [-0.39, 0.29) is 0 Å². The van der Waals surface area contributed by atoms with Crippen LogP contribution in [0.3, 0.4) is 0 Å². The van der Waals surface area contributed by atoms with Crippen molar-refractivity contribution in [3.05, 3.63) is 22.8 Å². The molecule has 0 saturated heterocycles. The number of hydrogen-bond acceptors (Lipinski definition) is 3. The summed E-state index contributed by atoms with van der Waals surface area (Å²) in [7, 11) is 0. The Morgan fingerprint density at radius 1 is 1.45 bits per heavy atom. The van der Waals surface area contributed by atoms with E-state index in [0.29, 0.717) is 12.1 Å². The van der Waals surface area contributed by atoms with Crippen molar-refractivity contribution in [2.75, 3.05) is 11.4 Å². The lowest BCUT2D eigenvalue weighted by Crippen LogP contribution is -2.28. The van der Waals surface area contributed by atoms with Gasteiger partial charge in [-0.2, -0.15) is 0 Å². The molecule has 1 aliphatic carbocycles. The SMILES string of the molecule is CCCCN(c1cc(CNC(C)C)c(Cl)cn1)C1CC1. The third kappa shape index (κ3) is 4.35. The maximum atomic E-state index is 6.26. The molecule has 2 rings (SSSR count). The Kier molecular flexibility index (Phi) is 5.67. The summed E-state index contributed by atoms with van der Waals surface area (Å²) in [6.07, 6.45) is 6.84. The molecule has 1 saturated carbocycles. The fourth-order valence-electron chi connectivity index (χ4n) is 2.27. The van der Waals surface area contributed by atoms with E-state index in [4.69, 9.17) is 11.6 Å². The molecular weight excluding hydrogens is 270 g/mol. The van der Waals surface area contributed by atoms with Crippen LogP contribution < -0.4 is 10.2 Å². The van der Waals surface area contributed by atoms with Gasteiger partial charge in [-0.25, -0.2) is 4.98 Å². The Labute approximate surface area is 127 Å². The summed E-state index contributed by atoms with van der Waals surface area (Å²) >= 11 is 6.26. The predicted molar refractivity (Wildman–Crippen MR) is 86.5 cm³/mol. The quantitative estimate of drug-likeness (QED) is 0.785. The zero-order valence-electron chi connectivity index (χ0n) is 12.8. The van der Waals surface area contributed by atoms with Crippen LogP contribution >= 0.6 is 11.6 Å². The molecule has 4 heteroatoms. The average Bonchev–Trinajstić information content (AvgIpc) is 3.23. The van der Waals surface area contributed by atoms with Gasteiger partial charge in [0.05, 0.1) is 5.02 Å². The third-order valence-corrected chi connectivity index (χ3v) is 4.00. The fourth-order valence-corrected chi connectivity index (χ4v) is 2.44. The molecular formula is C16H26ClN3. The van der Waals surface area contributed by atoms with E-state index < -0.39 is 0 Å². The van der Waals surface area contributed by atoms with Gasteiger partial charge < -0.3 is 10.2 Å². The minimum absolute atomic E-state index is 0.460. The van der Waals surface area contributed by atoms with Gasteiger partial charge >= 0.3 is 0 Å². The van der Waals surface area contributed by atoms with Crippen LogP contribution in [0.5, 0.6) is 0 Å². The first-order valence-electron chi connectivity index (χ1n) is 7.76. The molecule has 1 N–H and O–H groups in total. The normalized spacial score (nSPS) is 14.8. The summed E-state index contributed by atoms with van der Waals surface area (Å²) in [5.74, 6) is 1.09. The zero-order valence-corrected chi connectivity index (χ0v) is 13.6. The number of anilines is 1. The molecule has 1 aromatic rings. The van der Waals surface area contributed by atoms with Gasteiger partial charge in [0.15, 0.2) is 0 Å². The highest BCUT2D eigenvalue weighted by molar-refractivity contribution is 6.31. The number of nitrogens with one attached hydrogen (secondary N) is 1. The zero-order chi connectivity index (χ0) is 14.5. The molecule has 1 heterocycles. The fraction of sp³-hybridized carbons (Fsp3) is 0.688. The summed E-state index contributed by atoms with van der Waals surface area (Å²) in [4.78, 5) is 7.00. The highest BCUT2D eigenvalue weighted by atomic mass is 35.5. The van der Waals surface area contributed by atoms with Crippen LogP contribution in [0.4, 0.5) is 5.82 Å². The van der Waals surface area contributed by atoms with E-state index in [1.54, 1.807) is 6.20 Å². The minimum atomic E-state index is 0.460. The van der Waals surface area contributed by atoms with E-state index in [0.717, 1.165) is 29.5 Å². The van der Waals surface area contributed by atoms with E-state index in [1.807, 2.05) is 0 Å². The second-order valence-electron chi connectivity index (χ2n) is 5.95. The molecule has 1 aromatic heterocycles. The molecule has 0 amide bonds. The van der Waals surface area contributed by atoms with E-state index in [2.05, 4.69) is 42.0 Å². The molecule has 112 valence electrons. The van der Waals surface area contributed by atoms with Crippen molar-refractivity contribution in [1.29, 1.82) is 0 Å². The van der Waals surface area contributed by atoms with Gasteiger partial charge in [0, 0.05) is 31.4 Å². The van der Waals surface area contributed by atoms with Crippen molar-refractivity contribution < 1.29 is 0 Å². The number of unbranched alkanes of at least 4 members (excludes halogenated alkanes) is 1. The number of nitrogens with zero attached hydrogens (tertiary/aromatic N) is 2. The first-order chi connectivity index (χ1) is 9.61. The van der Waals surface area contributed by atoms with Gasteiger partial charge in [0.25, 0.3) is 0 Å². The Hall–Kier alpha value is -0.800. The van der Waals surface area contributed by atoms with Crippen molar-refractivity contribution in [1.82, 2.24) is 10.3 Å². The van der Waals surface area contributed by atoms with Gasteiger partial charge in [-0.3, -0.25) is 0 Å². The number of halogens is 1. The van der Waals surface area contributed by atoms with Gasteiger partial charge in [0.1, 0.15) is 5.82 Å². The van der Waals surface area contributed by atoms with Crippen molar-refractivity contribution in [3.63, 3.8) is 0 Å². The second kappa shape index (κ2) is 7.28. The Bertz CT molecular complexity index is 430. The number of aromatic nitrogens is 1. The lowest BCUT2D eigenvalue weighted by atomic mass is 10.2. The minimum Gasteiger partial charge on any atom is -0.354 e. The van der Waals surface area contributed by atoms with E-state index >= 15 is 0 Å². The molecule has 0 radical (unpaired) electrons. The van der Waals surface area contributed by atoms with E-state index in [1.165, 1.54) is 25.7 Å². The summed E-state index contributed by atoms with van der Waals surface area (Å²) in [6.45, 7) is 8.44. The molecule has 0 aromatic carbocycles. The van der Waals surface area contributed by atoms with Crippen LogP contribution in [0.1, 0.15) is 52.0 Å². The Balaban J connectivity index is 2.11. The second-order valence-corrected chi connectivity index (χ2v) is 6.35. The standard InChI is InChI=1S/C16H26ClN3/c1-4-5-8-20(14-6-7-14)16-9-13(10-18-12(2)3)15(17)11-19-16/h9,11-12,14,18H,4-8,10H2,1-3H3. The van der Waals surface area contributed by atoms with Crippen molar-refractivity contribution >= 4 is 17.4 Å². The van der Waals surface area contributed by atoms with E-state index in [9.17, 15) is 0 Å². The number of pyridine rings is 1. The first kappa shape index (κ1) is 15.6. The predicted octanol–water partition coefficient (Wildman–Crippen LogP) is 4.00. The molecule has 1 aliphatic rings. The van der Waals surface area contributed by atoms with Crippen LogP contribution in [0.2, 0.25) is 5.02 Å². The van der Waals surface area contributed by atoms with Crippen LogP contribution in [0, 0.1) is 0 Å². The Morgan fingerprint density at radius 3 is 2.80 bits per heavy atom. The van der Waals surface area contributed by atoms with Crippen molar-refractivity contribution in [3.8, 4) is 0 Å². The summed E-state index contributed by atoms with van der Waals surface area (Å²) in [6, 6.07) is 3.31. The Morgan fingerprint density at radius 2 is 2.20 bits per heavy atom. The summed E-state index contributed by atoms with van der Waals surface area (Å²) in [5, 5.41) is 4.18.